The Bertz CT molecular complexity index is 833. The highest BCUT2D eigenvalue weighted by atomic mass is 16.6. The van der Waals surface area contributed by atoms with E-state index in [1.54, 1.807) is 12.5 Å². The number of carbonyl (C=O) groups is 2. The third kappa shape index (κ3) is 1.56. The first kappa shape index (κ1) is 16.1. The Morgan fingerprint density at radius 3 is 2.81 bits per heavy atom. The second-order valence-electron chi connectivity index (χ2n) is 9.03. The average Bonchev–Trinajstić information content (AvgIpc) is 3.30. The van der Waals surface area contributed by atoms with Crippen LogP contribution in [0.3, 0.4) is 0 Å². The van der Waals surface area contributed by atoms with Crippen molar-refractivity contribution in [2.75, 3.05) is 6.61 Å². The summed E-state index contributed by atoms with van der Waals surface area (Å²) in [6.45, 7) is 2.33. The number of hydrogen-bond acceptors (Lipinski definition) is 7. The van der Waals surface area contributed by atoms with E-state index in [4.69, 9.17) is 18.6 Å². The summed E-state index contributed by atoms with van der Waals surface area (Å²) < 4.78 is 22.6. The van der Waals surface area contributed by atoms with Gasteiger partial charge in [-0.3, -0.25) is 4.79 Å². The molecule has 7 nitrogen and oxygen atoms in total. The molecule has 6 rings (SSSR count). The Labute approximate surface area is 155 Å². The lowest BCUT2D eigenvalue weighted by Gasteiger charge is -2.70. The minimum absolute atomic E-state index is 0.0292. The van der Waals surface area contributed by atoms with Gasteiger partial charge in [0.1, 0.15) is 12.7 Å². The van der Waals surface area contributed by atoms with Crippen LogP contribution in [-0.2, 0) is 23.8 Å². The fourth-order valence-corrected chi connectivity index (χ4v) is 7.04. The van der Waals surface area contributed by atoms with Crippen molar-refractivity contribution < 1.29 is 33.3 Å². The molecule has 0 unspecified atom stereocenters. The Morgan fingerprint density at radius 1 is 1.19 bits per heavy atom. The van der Waals surface area contributed by atoms with Gasteiger partial charge < -0.3 is 23.7 Å². The van der Waals surface area contributed by atoms with Gasteiger partial charge in [-0.1, -0.05) is 6.92 Å². The number of aliphatic hydroxyl groups is 1. The highest BCUT2D eigenvalue weighted by Gasteiger charge is 2.85. The fourth-order valence-electron chi connectivity index (χ4n) is 7.04. The van der Waals surface area contributed by atoms with Crippen molar-refractivity contribution in [2.45, 2.75) is 56.5 Å². The molecule has 2 spiro atoms. The maximum absolute atomic E-state index is 13.3. The van der Waals surface area contributed by atoms with Crippen LogP contribution in [0.15, 0.2) is 23.0 Å². The molecule has 7 heteroatoms. The van der Waals surface area contributed by atoms with E-state index in [2.05, 4.69) is 6.92 Å². The third-order valence-electron chi connectivity index (χ3n) is 8.23. The fraction of sp³-hybridized carbons (Fsp3) is 0.700. The van der Waals surface area contributed by atoms with Crippen molar-refractivity contribution in [3.8, 4) is 0 Å². The van der Waals surface area contributed by atoms with E-state index in [0.717, 1.165) is 5.56 Å². The number of esters is 2. The summed E-state index contributed by atoms with van der Waals surface area (Å²) in [6, 6.07) is 1.82. The Morgan fingerprint density at radius 2 is 2.04 bits per heavy atom. The van der Waals surface area contributed by atoms with E-state index in [0.29, 0.717) is 19.3 Å². The van der Waals surface area contributed by atoms with Crippen LogP contribution in [0.5, 0.6) is 0 Å². The zero-order valence-corrected chi connectivity index (χ0v) is 15.1. The van der Waals surface area contributed by atoms with Crippen molar-refractivity contribution in [3.63, 3.8) is 0 Å². The zero-order chi connectivity index (χ0) is 18.6. The number of ether oxygens (including phenoxy) is 3. The summed E-state index contributed by atoms with van der Waals surface area (Å²) in [5, 5.41) is 10.6. The molecule has 144 valence electrons. The van der Waals surface area contributed by atoms with Gasteiger partial charge in [0.15, 0.2) is 5.60 Å². The number of carbonyl (C=O) groups excluding carboxylic acids is 2. The van der Waals surface area contributed by atoms with E-state index in [9.17, 15) is 14.7 Å². The smallest absolute Gasteiger partial charge is 0.339 e. The summed E-state index contributed by atoms with van der Waals surface area (Å²) in [7, 11) is 0. The lowest BCUT2D eigenvalue weighted by atomic mass is 9.39. The van der Waals surface area contributed by atoms with Crippen molar-refractivity contribution in [2.24, 2.45) is 22.7 Å². The summed E-state index contributed by atoms with van der Waals surface area (Å²) in [4.78, 5) is 25.9. The normalized spacial score (nSPS) is 52.7. The second kappa shape index (κ2) is 4.75. The summed E-state index contributed by atoms with van der Waals surface area (Å²) in [5.74, 6) is -0.785. The lowest BCUT2D eigenvalue weighted by Crippen LogP contribution is -2.80. The summed E-state index contributed by atoms with van der Waals surface area (Å²) in [5.41, 5.74) is -1.53. The molecule has 2 saturated carbocycles. The molecule has 0 amide bonds. The van der Waals surface area contributed by atoms with E-state index in [1.807, 2.05) is 6.07 Å². The highest BCUT2D eigenvalue weighted by Crippen LogP contribution is 2.75. The van der Waals surface area contributed by atoms with Crippen LogP contribution in [0.4, 0.5) is 0 Å². The van der Waals surface area contributed by atoms with Gasteiger partial charge in [0.2, 0.25) is 0 Å². The Balaban J connectivity index is 1.48. The first-order valence-corrected chi connectivity index (χ1v) is 9.70. The number of aliphatic hydroxyl groups excluding tert-OH is 1. The summed E-state index contributed by atoms with van der Waals surface area (Å²) >= 11 is 0. The molecule has 3 saturated heterocycles. The molecule has 5 aliphatic rings. The maximum Gasteiger partial charge on any atom is 0.339 e. The molecule has 5 fully saturated rings. The van der Waals surface area contributed by atoms with Gasteiger partial charge in [-0.25, -0.2) is 4.79 Å². The van der Waals surface area contributed by atoms with Gasteiger partial charge in [0.05, 0.1) is 35.6 Å². The third-order valence-corrected chi connectivity index (χ3v) is 8.23. The highest BCUT2D eigenvalue weighted by molar-refractivity contribution is 5.87. The average molecular weight is 374 g/mol. The number of cyclic esters (lactones) is 2. The predicted octanol–water partition coefficient (Wildman–Crippen LogP) is 1.75. The maximum atomic E-state index is 13.3. The molecule has 3 aliphatic heterocycles. The lowest BCUT2D eigenvalue weighted by molar-refractivity contribution is -0.365. The zero-order valence-electron chi connectivity index (χ0n) is 15.1. The first-order chi connectivity index (χ1) is 12.9. The van der Waals surface area contributed by atoms with Crippen LogP contribution >= 0.6 is 0 Å². The van der Waals surface area contributed by atoms with Crippen LogP contribution < -0.4 is 0 Å². The molecule has 2 aliphatic carbocycles. The van der Waals surface area contributed by atoms with Crippen LogP contribution in [0.1, 0.15) is 44.3 Å². The molecule has 8 atom stereocenters. The minimum Gasteiger partial charge on any atom is -0.472 e. The van der Waals surface area contributed by atoms with Crippen LogP contribution in [-0.4, -0.2) is 41.5 Å². The van der Waals surface area contributed by atoms with Gasteiger partial charge in [-0.2, -0.15) is 0 Å². The van der Waals surface area contributed by atoms with Crippen molar-refractivity contribution in [1.82, 2.24) is 0 Å². The van der Waals surface area contributed by atoms with Gasteiger partial charge in [-0.15, -0.1) is 0 Å². The number of hydrogen-bond donors (Lipinski definition) is 1. The van der Waals surface area contributed by atoms with E-state index < -0.39 is 22.5 Å². The van der Waals surface area contributed by atoms with Gasteiger partial charge in [0, 0.05) is 18.4 Å². The van der Waals surface area contributed by atoms with E-state index in [-0.39, 0.29) is 49.0 Å². The van der Waals surface area contributed by atoms with Gasteiger partial charge in [-0.05, 0) is 30.7 Å². The molecule has 1 aromatic rings. The molecule has 1 N–H and O–H groups in total. The molecular weight excluding hydrogens is 352 g/mol. The van der Waals surface area contributed by atoms with Crippen LogP contribution in [0.25, 0.3) is 0 Å². The molecule has 27 heavy (non-hydrogen) atoms. The van der Waals surface area contributed by atoms with Crippen LogP contribution in [0, 0.1) is 22.7 Å². The van der Waals surface area contributed by atoms with Crippen LogP contribution in [0.2, 0.25) is 0 Å². The Kier molecular flexibility index (Phi) is 2.84. The van der Waals surface area contributed by atoms with E-state index >= 15 is 0 Å². The van der Waals surface area contributed by atoms with Crippen molar-refractivity contribution >= 4 is 11.9 Å². The Hall–Kier alpha value is -1.86. The molecule has 0 bridgehead atoms. The quantitative estimate of drug-likeness (QED) is 0.748. The minimum atomic E-state index is -1.10. The van der Waals surface area contributed by atoms with E-state index in [1.165, 1.54) is 0 Å². The number of rotatable bonds is 1. The topological polar surface area (TPSA) is 95.2 Å². The summed E-state index contributed by atoms with van der Waals surface area (Å²) in [6.07, 6.45) is 3.96. The second-order valence-corrected chi connectivity index (χ2v) is 9.03. The molecular formula is C20H22O7. The SMILES string of the molecule is C[C@@H]1C[C@H]2O[C@@]34C[C@@H](O)C[C@H]([C@@]15C[C@@H](c1ccoc1)OC5=O)[C@@]23COC4=O. The monoisotopic (exact) mass is 374 g/mol. The largest absolute Gasteiger partial charge is 0.472 e. The van der Waals surface area contributed by atoms with Crippen molar-refractivity contribution in [1.29, 1.82) is 0 Å². The predicted molar refractivity (Wildman–Crippen MR) is 88.1 cm³/mol. The number of furan rings is 1. The first-order valence-electron chi connectivity index (χ1n) is 9.70. The van der Waals surface area contributed by atoms with Crippen molar-refractivity contribution in [3.05, 3.63) is 24.2 Å². The standard InChI is InChI=1S/C20H22O7/c1-10-4-15-19-9-25-17(23)20(19,27-15)6-12(21)5-14(19)18(10)7-13(26-16(18)22)11-2-3-24-8-11/h2-3,8,10,12-15,21H,4-7,9H2,1H3/t10-,12+,13+,14-,15-,18-,19+,20-/m1/s1. The van der Waals surface area contributed by atoms with Gasteiger partial charge >= 0.3 is 11.9 Å². The molecule has 1 aromatic heterocycles. The molecule has 0 radical (unpaired) electrons. The van der Waals surface area contributed by atoms with Gasteiger partial charge in [0.25, 0.3) is 0 Å². The molecule has 4 heterocycles. The number of fused-ring (bicyclic) bond motifs is 1. The molecule has 0 aromatic carbocycles.